The fraction of sp³-hybridized carbons (Fsp3) is 0.438. The highest BCUT2D eigenvalue weighted by Crippen LogP contribution is 2.04. The summed E-state index contributed by atoms with van der Waals surface area (Å²) < 4.78 is 0. The third-order valence-electron chi connectivity index (χ3n) is 3.10. The largest absolute Gasteiger partial charge is 0.338 e. The van der Waals surface area contributed by atoms with Crippen molar-refractivity contribution in [2.45, 2.75) is 39.2 Å². The van der Waals surface area contributed by atoms with Gasteiger partial charge >= 0.3 is 6.03 Å². The third-order valence-corrected chi connectivity index (χ3v) is 3.10. The summed E-state index contributed by atoms with van der Waals surface area (Å²) in [5, 5.41) is 8.18. The summed E-state index contributed by atoms with van der Waals surface area (Å²) in [4.78, 5) is 27.5. The van der Waals surface area contributed by atoms with Crippen LogP contribution in [0.25, 0.3) is 0 Å². The van der Waals surface area contributed by atoms with Crippen LogP contribution in [0.3, 0.4) is 0 Å². The van der Waals surface area contributed by atoms with Gasteiger partial charge in [0.25, 0.3) is 0 Å². The molecule has 1 aromatic rings. The molecule has 0 aliphatic rings. The summed E-state index contributed by atoms with van der Waals surface area (Å²) in [6.07, 6.45) is 5.21. The second-order valence-corrected chi connectivity index (χ2v) is 5.05. The van der Waals surface area contributed by atoms with E-state index in [1.54, 1.807) is 18.3 Å². The Morgan fingerprint density at radius 3 is 2.77 bits per heavy atom. The lowest BCUT2D eigenvalue weighted by molar-refractivity contribution is -0.116. The van der Waals surface area contributed by atoms with E-state index >= 15 is 0 Å². The van der Waals surface area contributed by atoms with Gasteiger partial charge < -0.3 is 16.0 Å². The monoisotopic (exact) mass is 304 g/mol. The van der Waals surface area contributed by atoms with Crippen molar-refractivity contribution in [3.63, 3.8) is 0 Å². The van der Waals surface area contributed by atoms with Crippen LogP contribution in [0.5, 0.6) is 0 Å². The Labute approximate surface area is 131 Å². The Morgan fingerprint density at radius 1 is 1.41 bits per heavy atom. The van der Waals surface area contributed by atoms with Gasteiger partial charge in [-0.25, -0.2) is 9.78 Å². The standard InChI is InChI=1S/C16H24N4O2/c1-4-6-13(5-2)19-16(22)17-10-9-15(21)20-14-8-7-12(3)11-18-14/h4,7-8,11,13H,1,5-6,9-10H2,2-3H3,(H2,17,19,22)(H,18,20,21)/t13-/m0/s1. The molecular formula is C16H24N4O2. The molecule has 0 radical (unpaired) electrons. The number of aryl methyl sites for hydroxylation is 1. The number of anilines is 1. The number of aromatic nitrogens is 1. The molecule has 120 valence electrons. The molecule has 0 fully saturated rings. The van der Waals surface area contributed by atoms with Gasteiger partial charge in [-0.05, 0) is 31.4 Å². The van der Waals surface area contributed by atoms with E-state index in [1.165, 1.54) is 0 Å². The van der Waals surface area contributed by atoms with Gasteiger partial charge in [-0.2, -0.15) is 0 Å². The maximum Gasteiger partial charge on any atom is 0.315 e. The predicted molar refractivity (Wildman–Crippen MR) is 87.6 cm³/mol. The third kappa shape index (κ3) is 6.88. The number of urea groups is 1. The molecule has 22 heavy (non-hydrogen) atoms. The Morgan fingerprint density at radius 2 is 2.18 bits per heavy atom. The minimum atomic E-state index is -0.269. The molecule has 3 N–H and O–H groups in total. The number of nitrogens with zero attached hydrogens (tertiary/aromatic N) is 1. The van der Waals surface area contributed by atoms with Crippen molar-refractivity contribution in [3.05, 3.63) is 36.5 Å². The summed E-state index contributed by atoms with van der Waals surface area (Å²) in [5.41, 5.74) is 1.03. The Bertz CT molecular complexity index is 499. The molecule has 3 amide bonds. The lowest BCUT2D eigenvalue weighted by Crippen LogP contribution is -2.42. The van der Waals surface area contributed by atoms with Gasteiger partial charge in [-0.1, -0.05) is 19.1 Å². The van der Waals surface area contributed by atoms with Crippen LogP contribution in [0, 0.1) is 6.92 Å². The molecular weight excluding hydrogens is 280 g/mol. The summed E-state index contributed by atoms with van der Waals surface area (Å²) >= 11 is 0. The van der Waals surface area contributed by atoms with E-state index in [1.807, 2.05) is 19.9 Å². The number of amides is 3. The van der Waals surface area contributed by atoms with Gasteiger partial charge in [-0.3, -0.25) is 4.79 Å². The van der Waals surface area contributed by atoms with Crippen molar-refractivity contribution in [3.8, 4) is 0 Å². The van der Waals surface area contributed by atoms with Crippen LogP contribution in [0.15, 0.2) is 31.0 Å². The molecule has 0 aliphatic carbocycles. The molecule has 0 saturated heterocycles. The van der Waals surface area contributed by atoms with E-state index in [9.17, 15) is 9.59 Å². The first-order chi connectivity index (χ1) is 10.5. The van der Waals surface area contributed by atoms with Gasteiger partial charge in [-0.15, -0.1) is 6.58 Å². The highest BCUT2D eigenvalue weighted by atomic mass is 16.2. The van der Waals surface area contributed by atoms with Gasteiger partial charge in [0.15, 0.2) is 0 Å². The Kier molecular flexibility index (Phi) is 7.67. The molecule has 0 spiro atoms. The number of carbonyl (C=O) groups is 2. The maximum absolute atomic E-state index is 11.7. The molecule has 1 atom stereocenters. The van der Waals surface area contributed by atoms with Crippen molar-refractivity contribution in [1.82, 2.24) is 15.6 Å². The first kappa shape index (κ1) is 17.7. The quantitative estimate of drug-likeness (QED) is 0.645. The van der Waals surface area contributed by atoms with Gasteiger partial charge in [0.05, 0.1) is 0 Å². The maximum atomic E-state index is 11.7. The summed E-state index contributed by atoms with van der Waals surface area (Å²) in [6.45, 7) is 7.85. The molecule has 0 aromatic carbocycles. The summed E-state index contributed by atoms with van der Waals surface area (Å²) in [5.74, 6) is 0.326. The number of carbonyl (C=O) groups excluding carboxylic acids is 2. The highest BCUT2D eigenvalue weighted by molar-refractivity contribution is 5.90. The van der Waals surface area contributed by atoms with Crippen LogP contribution in [-0.2, 0) is 4.79 Å². The van der Waals surface area contributed by atoms with E-state index in [-0.39, 0.29) is 30.9 Å². The minimum absolute atomic E-state index is 0.0723. The SMILES string of the molecule is C=CC[C@H](CC)NC(=O)NCCC(=O)Nc1ccc(C)cn1. The van der Waals surface area contributed by atoms with Crippen molar-refractivity contribution in [2.24, 2.45) is 0 Å². The molecule has 0 bridgehead atoms. The zero-order valence-electron chi connectivity index (χ0n) is 13.2. The van der Waals surface area contributed by atoms with E-state index in [4.69, 9.17) is 0 Å². The second kappa shape index (κ2) is 9.55. The molecule has 0 saturated carbocycles. The first-order valence-electron chi connectivity index (χ1n) is 7.43. The van der Waals surface area contributed by atoms with Crippen molar-refractivity contribution < 1.29 is 9.59 Å². The van der Waals surface area contributed by atoms with Crippen LogP contribution in [0.1, 0.15) is 31.7 Å². The van der Waals surface area contributed by atoms with Crippen LogP contribution in [0.4, 0.5) is 10.6 Å². The van der Waals surface area contributed by atoms with Gasteiger partial charge in [0, 0.05) is 25.2 Å². The number of hydrogen-bond donors (Lipinski definition) is 3. The molecule has 0 aliphatic heterocycles. The summed E-state index contributed by atoms with van der Waals surface area (Å²) in [6, 6.07) is 3.42. The average Bonchev–Trinajstić information content (AvgIpc) is 2.49. The van der Waals surface area contributed by atoms with Crippen LogP contribution in [0.2, 0.25) is 0 Å². The lowest BCUT2D eigenvalue weighted by atomic mass is 10.1. The summed E-state index contributed by atoms with van der Waals surface area (Å²) in [7, 11) is 0. The number of rotatable bonds is 8. The molecule has 6 heteroatoms. The van der Waals surface area contributed by atoms with E-state index < -0.39 is 0 Å². The average molecular weight is 304 g/mol. The zero-order chi connectivity index (χ0) is 16.4. The van der Waals surface area contributed by atoms with Crippen LogP contribution < -0.4 is 16.0 Å². The Balaban J connectivity index is 2.25. The van der Waals surface area contributed by atoms with Crippen LogP contribution in [-0.4, -0.2) is 29.5 Å². The molecule has 1 rings (SSSR count). The van der Waals surface area contributed by atoms with Gasteiger partial charge in [0.1, 0.15) is 5.82 Å². The fourth-order valence-corrected chi connectivity index (χ4v) is 1.80. The van der Waals surface area contributed by atoms with Gasteiger partial charge in [0.2, 0.25) is 5.91 Å². The Hall–Kier alpha value is -2.37. The number of hydrogen-bond acceptors (Lipinski definition) is 3. The second-order valence-electron chi connectivity index (χ2n) is 5.05. The fourth-order valence-electron chi connectivity index (χ4n) is 1.80. The van der Waals surface area contributed by atoms with Crippen molar-refractivity contribution in [2.75, 3.05) is 11.9 Å². The normalized spacial score (nSPS) is 11.4. The van der Waals surface area contributed by atoms with Crippen molar-refractivity contribution in [1.29, 1.82) is 0 Å². The number of pyridine rings is 1. The zero-order valence-corrected chi connectivity index (χ0v) is 13.2. The highest BCUT2D eigenvalue weighted by Gasteiger charge is 2.09. The van der Waals surface area contributed by atoms with E-state index in [2.05, 4.69) is 27.5 Å². The lowest BCUT2D eigenvalue weighted by Gasteiger charge is -2.15. The predicted octanol–water partition coefficient (Wildman–Crippen LogP) is 2.37. The van der Waals surface area contributed by atoms with Crippen molar-refractivity contribution >= 4 is 17.8 Å². The smallest absolute Gasteiger partial charge is 0.315 e. The molecule has 0 unspecified atom stereocenters. The molecule has 1 aromatic heterocycles. The molecule has 6 nitrogen and oxygen atoms in total. The van der Waals surface area contributed by atoms with Crippen LogP contribution >= 0.6 is 0 Å². The first-order valence-corrected chi connectivity index (χ1v) is 7.43. The topological polar surface area (TPSA) is 83.1 Å². The minimum Gasteiger partial charge on any atom is -0.338 e. The molecule has 1 heterocycles. The van der Waals surface area contributed by atoms with E-state index in [0.717, 1.165) is 18.4 Å². The van der Waals surface area contributed by atoms with E-state index in [0.29, 0.717) is 5.82 Å². The number of nitrogens with one attached hydrogen (secondary N) is 3.